The Morgan fingerprint density at radius 2 is 1.94 bits per heavy atom. The first-order chi connectivity index (χ1) is 8.76. The number of thioether (sulfide) groups is 2. The zero-order chi connectivity index (χ0) is 13.0. The van der Waals surface area contributed by atoms with E-state index in [1.54, 1.807) is 7.11 Å². The molecular weight excluding hydrogens is 264 g/mol. The Morgan fingerprint density at radius 1 is 1.28 bits per heavy atom. The molecule has 1 aromatic carbocycles. The lowest BCUT2D eigenvalue weighted by atomic mass is 10.0. The fraction of sp³-hybridized carbons (Fsp3) is 0.571. The van der Waals surface area contributed by atoms with Crippen LogP contribution in [0.15, 0.2) is 24.3 Å². The van der Waals surface area contributed by atoms with Crippen molar-refractivity contribution in [3.05, 3.63) is 29.8 Å². The smallest absolute Gasteiger partial charge is 0.118 e. The van der Waals surface area contributed by atoms with Gasteiger partial charge in [-0.2, -0.15) is 23.5 Å². The number of methoxy groups -OCH3 is 1. The van der Waals surface area contributed by atoms with Crippen molar-refractivity contribution >= 4 is 23.5 Å². The van der Waals surface area contributed by atoms with Crippen LogP contribution in [-0.2, 0) is 0 Å². The molecule has 0 aliphatic carbocycles. The predicted octanol–water partition coefficient (Wildman–Crippen LogP) is 3.36. The molecule has 1 aromatic rings. The molecule has 1 saturated heterocycles. The molecule has 0 aromatic heterocycles. The number of aliphatic hydroxyl groups is 1. The molecule has 100 valence electrons. The molecule has 0 spiro atoms. The van der Waals surface area contributed by atoms with Gasteiger partial charge < -0.3 is 9.84 Å². The highest BCUT2D eigenvalue weighted by Gasteiger charge is 2.31. The summed E-state index contributed by atoms with van der Waals surface area (Å²) in [6.07, 6.45) is 0.744. The van der Waals surface area contributed by atoms with Gasteiger partial charge in [0.2, 0.25) is 0 Å². The van der Waals surface area contributed by atoms with E-state index in [9.17, 15) is 5.11 Å². The van der Waals surface area contributed by atoms with Gasteiger partial charge in [-0.25, -0.2) is 0 Å². The van der Waals surface area contributed by atoms with Crippen LogP contribution in [0, 0.1) is 0 Å². The van der Waals surface area contributed by atoms with Crippen molar-refractivity contribution in [2.75, 3.05) is 18.6 Å². The molecule has 1 aliphatic rings. The molecule has 1 heterocycles. The van der Waals surface area contributed by atoms with Gasteiger partial charge in [0.15, 0.2) is 0 Å². The summed E-state index contributed by atoms with van der Waals surface area (Å²) in [4.78, 5) is 0. The summed E-state index contributed by atoms with van der Waals surface area (Å²) in [6.45, 7) is 2.21. The van der Waals surface area contributed by atoms with Crippen LogP contribution in [0.3, 0.4) is 0 Å². The van der Waals surface area contributed by atoms with E-state index in [2.05, 4.69) is 6.92 Å². The van der Waals surface area contributed by atoms with E-state index >= 15 is 0 Å². The van der Waals surface area contributed by atoms with Crippen molar-refractivity contribution in [3.8, 4) is 5.75 Å². The van der Waals surface area contributed by atoms with Gasteiger partial charge in [-0.3, -0.25) is 0 Å². The number of rotatable bonds is 4. The minimum Gasteiger partial charge on any atom is -0.497 e. The molecule has 0 saturated carbocycles. The Labute approximate surface area is 117 Å². The summed E-state index contributed by atoms with van der Waals surface area (Å²) in [5.74, 6) is 3.18. The van der Waals surface area contributed by atoms with Crippen LogP contribution in [0.2, 0.25) is 0 Å². The maximum atomic E-state index is 10.5. The topological polar surface area (TPSA) is 29.5 Å². The van der Waals surface area contributed by atoms with E-state index in [1.165, 1.54) is 5.75 Å². The third kappa shape index (κ3) is 3.16. The van der Waals surface area contributed by atoms with Gasteiger partial charge in [-0.05, 0) is 24.1 Å². The summed E-state index contributed by atoms with van der Waals surface area (Å²) in [6, 6.07) is 7.77. The lowest BCUT2D eigenvalue weighted by molar-refractivity contribution is 0.172. The van der Waals surface area contributed by atoms with Crippen LogP contribution in [0.1, 0.15) is 25.0 Å². The molecule has 1 N–H and O–H groups in total. The molecule has 4 heteroatoms. The predicted molar refractivity (Wildman–Crippen MR) is 80.7 cm³/mol. The molecule has 18 heavy (non-hydrogen) atoms. The largest absolute Gasteiger partial charge is 0.497 e. The summed E-state index contributed by atoms with van der Waals surface area (Å²) >= 11 is 3.90. The van der Waals surface area contributed by atoms with Crippen LogP contribution in [0.25, 0.3) is 0 Å². The third-order valence-corrected chi connectivity index (χ3v) is 6.60. The van der Waals surface area contributed by atoms with E-state index in [4.69, 9.17) is 4.74 Å². The van der Waals surface area contributed by atoms with E-state index in [-0.39, 0.29) is 6.10 Å². The minimum atomic E-state index is -0.376. The van der Waals surface area contributed by atoms with Crippen molar-refractivity contribution in [1.29, 1.82) is 0 Å². The first-order valence-electron chi connectivity index (χ1n) is 6.31. The monoisotopic (exact) mass is 284 g/mol. The molecule has 0 amide bonds. The second-order valence-electron chi connectivity index (χ2n) is 4.37. The molecular formula is C14H20O2S2. The maximum absolute atomic E-state index is 10.5. The van der Waals surface area contributed by atoms with Gasteiger partial charge in [-0.1, -0.05) is 19.1 Å². The molecule has 2 rings (SSSR count). The third-order valence-electron chi connectivity index (χ3n) is 3.26. The number of benzene rings is 1. The fourth-order valence-electron chi connectivity index (χ4n) is 2.22. The molecule has 3 atom stereocenters. The number of hydrogen-bond donors (Lipinski definition) is 1. The second kappa shape index (κ2) is 6.73. The summed E-state index contributed by atoms with van der Waals surface area (Å²) in [5, 5.41) is 11.4. The molecule has 2 nitrogen and oxygen atoms in total. The number of aliphatic hydroxyl groups excluding tert-OH is 1. The van der Waals surface area contributed by atoms with Crippen molar-refractivity contribution < 1.29 is 9.84 Å². The van der Waals surface area contributed by atoms with E-state index in [0.717, 1.165) is 23.5 Å². The minimum absolute atomic E-state index is 0.308. The lowest BCUT2D eigenvalue weighted by Crippen LogP contribution is -2.31. The average molecular weight is 284 g/mol. The van der Waals surface area contributed by atoms with Crippen LogP contribution < -0.4 is 4.74 Å². The number of ether oxygens (including phenoxy) is 1. The van der Waals surface area contributed by atoms with Gasteiger partial charge in [0.05, 0.1) is 13.2 Å². The van der Waals surface area contributed by atoms with Gasteiger partial charge in [0.1, 0.15) is 5.75 Å². The van der Waals surface area contributed by atoms with E-state index in [0.29, 0.717) is 10.5 Å². The summed E-state index contributed by atoms with van der Waals surface area (Å²) in [5.41, 5.74) is 0.995. The van der Waals surface area contributed by atoms with Crippen LogP contribution in [0.4, 0.5) is 0 Å². The van der Waals surface area contributed by atoms with Crippen molar-refractivity contribution in [3.63, 3.8) is 0 Å². The zero-order valence-corrected chi connectivity index (χ0v) is 12.5. The molecule has 1 aliphatic heterocycles. The van der Waals surface area contributed by atoms with Gasteiger partial charge in [0, 0.05) is 22.0 Å². The molecule has 1 fully saturated rings. The van der Waals surface area contributed by atoms with Crippen LogP contribution in [-0.4, -0.2) is 34.2 Å². The molecule has 3 unspecified atom stereocenters. The first kappa shape index (κ1) is 14.1. The Hall–Kier alpha value is -0.320. The highest BCUT2D eigenvalue weighted by atomic mass is 32.2. The Bertz CT molecular complexity index is 367. The fourth-order valence-corrected chi connectivity index (χ4v) is 5.36. The van der Waals surface area contributed by atoms with E-state index in [1.807, 2.05) is 47.8 Å². The van der Waals surface area contributed by atoms with Crippen molar-refractivity contribution in [2.45, 2.75) is 29.9 Å². The van der Waals surface area contributed by atoms with Gasteiger partial charge >= 0.3 is 0 Å². The maximum Gasteiger partial charge on any atom is 0.118 e. The summed E-state index contributed by atoms with van der Waals surface area (Å²) in [7, 11) is 1.66. The Balaban J connectivity index is 2.10. The summed E-state index contributed by atoms with van der Waals surface area (Å²) < 4.78 is 5.15. The highest BCUT2D eigenvalue weighted by Crippen LogP contribution is 2.40. The quantitative estimate of drug-likeness (QED) is 0.918. The van der Waals surface area contributed by atoms with Crippen molar-refractivity contribution in [1.82, 2.24) is 0 Å². The standard InChI is InChI=1S/C14H20O2S2/c1-3-12-14(18-9-8-17-12)13(15)10-4-6-11(16-2)7-5-10/h4-7,12-15H,3,8-9H2,1-2H3. The molecule has 0 bridgehead atoms. The normalized spacial score (nSPS) is 25.7. The SMILES string of the molecule is CCC1SCCSC1C(O)c1ccc(OC)cc1. The van der Waals surface area contributed by atoms with E-state index < -0.39 is 0 Å². The Morgan fingerprint density at radius 3 is 2.56 bits per heavy atom. The highest BCUT2D eigenvalue weighted by molar-refractivity contribution is 8.07. The molecule has 0 radical (unpaired) electrons. The number of hydrogen-bond acceptors (Lipinski definition) is 4. The first-order valence-corrected chi connectivity index (χ1v) is 8.41. The lowest BCUT2D eigenvalue weighted by Gasteiger charge is -2.33. The van der Waals surface area contributed by atoms with Crippen LogP contribution in [0.5, 0.6) is 5.75 Å². The van der Waals surface area contributed by atoms with Crippen molar-refractivity contribution in [2.24, 2.45) is 0 Å². The zero-order valence-electron chi connectivity index (χ0n) is 10.8. The second-order valence-corrected chi connectivity index (χ2v) is 7.00. The van der Waals surface area contributed by atoms with Gasteiger partial charge in [-0.15, -0.1) is 0 Å². The van der Waals surface area contributed by atoms with Gasteiger partial charge in [0.25, 0.3) is 0 Å². The van der Waals surface area contributed by atoms with Crippen LogP contribution >= 0.6 is 23.5 Å². The average Bonchev–Trinajstić information content (AvgIpc) is 2.46. The Kier molecular flexibility index (Phi) is 5.27.